The summed E-state index contributed by atoms with van der Waals surface area (Å²) in [5.41, 5.74) is 3.47. The van der Waals surface area contributed by atoms with E-state index in [1.54, 1.807) is 0 Å². The first-order valence-electron chi connectivity index (χ1n) is 9.56. The number of urea groups is 1. The third-order valence-electron chi connectivity index (χ3n) is 5.25. The van der Waals surface area contributed by atoms with Gasteiger partial charge in [-0.15, -0.1) is 6.58 Å². The smallest absolute Gasteiger partial charge is 0.321 e. The first-order chi connectivity index (χ1) is 13.6. The normalized spacial score (nSPS) is 15.7. The van der Waals surface area contributed by atoms with Crippen molar-refractivity contribution in [1.82, 2.24) is 19.8 Å². The van der Waals surface area contributed by atoms with Crippen LogP contribution in [0.3, 0.4) is 0 Å². The van der Waals surface area contributed by atoms with Gasteiger partial charge < -0.3 is 5.32 Å². The largest absolute Gasteiger partial charge is 0.334 e. The summed E-state index contributed by atoms with van der Waals surface area (Å²) in [7, 11) is -3.62. The van der Waals surface area contributed by atoms with E-state index < -0.39 is 22.0 Å². The molecule has 0 aliphatic carbocycles. The molecule has 1 saturated heterocycles. The maximum Gasteiger partial charge on any atom is 0.321 e. The molecule has 1 aliphatic heterocycles. The molecule has 0 spiro atoms. The molecule has 9 heteroatoms. The van der Waals surface area contributed by atoms with Crippen LogP contribution in [0.5, 0.6) is 0 Å². The van der Waals surface area contributed by atoms with Gasteiger partial charge in [0.1, 0.15) is 0 Å². The van der Waals surface area contributed by atoms with E-state index in [1.165, 1.54) is 10.4 Å². The average Bonchev–Trinajstić information content (AvgIpc) is 2.65. The molecule has 160 valence electrons. The van der Waals surface area contributed by atoms with Gasteiger partial charge in [-0.05, 0) is 49.9 Å². The van der Waals surface area contributed by atoms with Crippen molar-refractivity contribution in [3.63, 3.8) is 0 Å². The number of rotatable bonds is 6. The van der Waals surface area contributed by atoms with Crippen LogP contribution in [0.15, 0.2) is 23.6 Å². The quantitative estimate of drug-likeness (QED) is 0.672. The fourth-order valence-corrected chi connectivity index (χ4v) is 5.40. The van der Waals surface area contributed by atoms with Gasteiger partial charge in [-0.3, -0.25) is 15.0 Å². The van der Waals surface area contributed by atoms with Gasteiger partial charge >= 0.3 is 6.03 Å². The van der Waals surface area contributed by atoms with Crippen LogP contribution in [-0.4, -0.2) is 68.8 Å². The van der Waals surface area contributed by atoms with Crippen LogP contribution in [0.1, 0.15) is 22.3 Å². The van der Waals surface area contributed by atoms with Crippen molar-refractivity contribution in [1.29, 1.82) is 0 Å². The molecular weight excluding hydrogens is 392 g/mol. The second-order valence-electron chi connectivity index (χ2n) is 7.32. The van der Waals surface area contributed by atoms with E-state index >= 15 is 0 Å². The third kappa shape index (κ3) is 5.43. The summed E-state index contributed by atoms with van der Waals surface area (Å²) in [6.07, 6.45) is 1.52. The Bertz CT molecular complexity index is 877. The minimum atomic E-state index is -3.62. The number of hydrogen-bond acceptors (Lipinski definition) is 5. The minimum Gasteiger partial charge on any atom is -0.334 e. The molecule has 2 N–H and O–H groups in total. The molecule has 0 bridgehead atoms. The van der Waals surface area contributed by atoms with Gasteiger partial charge in [0.05, 0.1) is 11.4 Å². The Kier molecular flexibility index (Phi) is 7.56. The highest BCUT2D eigenvalue weighted by Crippen LogP contribution is 2.29. The van der Waals surface area contributed by atoms with Crippen molar-refractivity contribution in [3.8, 4) is 0 Å². The SMILES string of the molecule is C=CCNC(=O)NC(=O)CN1CCN(S(=O)(=O)c2c(C)c(C)cc(C)c2C)CC1. The molecule has 3 amide bonds. The minimum absolute atomic E-state index is 0.0387. The molecule has 29 heavy (non-hydrogen) atoms. The number of sulfonamides is 1. The molecule has 0 radical (unpaired) electrons. The predicted octanol–water partition coefficient (Wildman–Crippen LogP) is 1.24. The zero-order valence-corrected chi connectivity index (χ0v) is 18.4. The van der Waals surface area contributed by atoms with E-state index in [2.05, 4.69) is 17.2 Å². The molecule has 0 aromatic heterocycles. The van der Waals surface area contributed by atoms with Gasteiger partial charge in [0, 0.05) is 32.7 Å². The number of benzene rings is 1. The molecule has 0 atom stereocenters. The van der Waals surface area contributed by atoms with E-state index in [1.807, 2.05) is 38.7 Å². The Morgan fingerprint density at radius 1 is 1.07 bits per heavy atom. The molecular formula is C20H30N4O4S. The highest BCUT2D eigenvalue weighted by molar-refractivity contribution is 7.89. The zero-order valence-electron chi connectivity index (χ0n) is 17.5. The lowest BCUT2D eigenvalue weighted by molar-refractivity contribution is -0.121. The van der Waals surface area contributed by atoms with Crippen LogP contribution in [0.2, 0.25) is 0 Å². The Balaban J connectivity index is 2.01. The van der Waals surface area contributed by atoms with Crippen molar-refractivity contribution in [2.24, 2.45) is 0 Å². The number of nitrogens with zero attached hydrogens (tertiary/aromatic N) is 2. The number of piperazine rings is 1. The van der Waals surface area contributed by atoms with Crippen molar-refractivity contribution in [3.05, 3.63) is 41.0 Å². The summed E-state index contributed by atoms with van der Waals surface area (Å²) in [6.45, 7) is 12.7. The highest BCUT2D eigenvalue weighted by Gasteiger charge is 2.32. The van der Waals surface area contributed by atoms with Crippen molar-refractivity contribution in [2.45, 2.75) is 32.6 Å². The molecule has 1 fully saturated rings. The summed E-state index contributed by atoms with van der Waals surface area (Å²) in [6, 6.07) is 1.43. The van der Waals surface area contributed by atoms with E-state index in [4.69, 9.17) is 0 Å². The first kappa shape index (κ1) is 23.1. The van der Waals surface area contributed by atoms with E-state index in [0.717, 1.165) is 22.3 Å². The molecule has 0 unspecified atom stereocenters. The number of hydrogen-bond donors (Lipinski definition) is 2. The Hall–Kier alpha value is -2.23. The van der Waals surface area contributed by atoms with Crippen LogP contribution in [-0.2, 0) is 14.8 Å². The monoisotopic (exact) mass is 422 g/mol. The summed E-state index contributed by atoms with van der Waals surface area (Å²) >= 11 is 0. The van der Waals surface area contributed by atoms with Crippen LogP contribution in [0, 0.1) is 27.7 Å². The molecule has 1 heterocycles. The second kappa shape index (κ2) is 9.51. The number of carbonyl (C=O) groups is 2. The standard InChI is InChI=1S/C20H30N4O4S/c1-6-7-21-20(26)22-18(25)13-23-8-10-24(11-9-23)29(27,28)19-16(4)14(2)12-15(3)17(19)5/h6,12H,1,7-11,13H2,2-5H3,(H2,21,22,25,26). The summed E-state index contributed by atoms with van der Waals surface area (Å²) in [5, 5.41) is 4.72. The van der Waals surface area contributed by atoms with E-state index in [0.29, 0.717) is 31.1 Å². The van der Waals surface area contributed by atoms with Crippen molar-refractivity contribution >= 4 is 22.0 Å². The topological polar surface area (TPSA) is 98.8 Å². The van der Waals surface area contributed by atoms with Crippen LogP contribution in [0.4, 0.5) is 4.79 Å². The predicted molar refractivity (Wildman–Crippen MR) is 112 cm³/mol. The zero-order chi connectivity index (χ0) is 21.8. The van der Waals surface area contributed by atoms with Gasteiger partial charge in [-0.25, -0.2) is 13.2 Å². The summed E-state index contributed by atoms with van der Waals surface area (Å²) in [4.78, 5) is 25.7. The van der Waals surface area contributed by atoms with E-state index in [-0.39, 0.29) is 13.1 Å². The number of amides is 3. The lowest BCUT2D eigenvalue weighted by atomic mass is 10.0. The molecule has 2 rings (SSSR count). The second-order valence-corrected chi connectivity index (χ2v) is 9.19. The molecule has 1 aromatic carbocycles. The summed E-state index contributed by atoms with van der Waals surface area (Å²) in [5.74, 6) is -0.427. The Morgan fingerprint density at radius 3 is 2.14 bits per heavy atom. The van der Waals surface area contributed by atoms with Gasteiger partial charge in [-0.2, -0.15) is 4.31 Å². The summed E-state index contributed by atoms with van der Waals surface area (Å²) < 4.78 is 28.0. The van der Waals surface area contributed by atoms with Crippen LogP contribution in [0.25, 0.3) is 0 Å². The number of nitrogens with one attached hydrogen (secondary N) is 2. The fraction of sp³-hybridized carbons (Fsp3) is 0.500. The van der Waals surface area contributed by atoms with Crippen molar-refractivity contribution in [2.75, 3.05) is 39.3 Å². The van der Waals surface area contributed by atoms with Crippen LogP contribution >= 0.6 is 0 Å². The molecule has 1 aliphatic rings. The molecule has 8 nitrogen and oxygen atoms in total. The number of carbonyl (C=O) groups excluding carboxylic acids is 2. The van der Waals surface area contributed by atoms with Crippen LogP contribution < -0.4 is 10.6 Å². The first-order valence-corrected chi connectivity index (χ1v) is 11.0. The third-order valence-corrected chi connectivity index (χ3v) is 7.43. The average molecular weight is 423 g/mol. The van der Waals surface area contributed by atoms with Gasteiger partial charge in [0.2, 0.25) is 15.9 Å². The maximum atomic E-state index is 13.3. The Labute approximate surface area is 173 Å². The van der Waals surface area contributed by atoms with E-state index in [9.17, 15) is 18.0 Å². The lowest BCUT2D eigenvalue weighted by Gasteiger charge is -2.34. The number of aryl methyl sites for hydroxylation is 2. The Morgan fingerprint density at radius 2 is 1.62 bits per heavy atom. The highest BCUT2D eigenvalue weighted by atomic mass is 32.2. The lowest BCUT2D eigenvalue weighted by Crippen LogP contribution is -2.52. The van der Waals surface area contributed by atoms with Gasteiger partial charge in [-0.1, -0.05) is 12.1 Å². The maximum absolute atomic E-state index is 13.3. The van der Waals surface area contributed by atoms with Gasteiger partial charge in [0.25, 0.3) is 0 Å². The van der Waals surface area contributed by atoms with Crippen molar-refractivity contribution < 1.29 is 18.0 Å². The molecule has 1 aromatic rings. The fourth-order valence-electron chi connectivity index (χ4n) is 3.40. The van der Waals surface area contributed by atoms with Gasteiger partial charge in [0.15, 0.2) is 0 Å². The number of imide groups is 1. The molecule has 0 saturated carbocycles.